The van der Waals surface area contributed by atoms with E-state index in [1.54, 1.807) is 6.92 Å². The summed E-state index contributed by atoms with van der Waals surface area (Å²) in [6.45, 7) is 0.312. The Balaban J connectivity index is 2.51. The van der Waals surface area contributed by atoms with Crippen molar-refractivity contribution in [2.24, 2.45) is 0 Å². The average Bonchev–Trinajstić information content (AvgIpc) is 2.02. The molecule has 13 heavy (non-hydrogen) atoms. The maximum Gasteiger partial charge on any atom is 0.422 e. The number of hydrogen-bond acceptors (Lipinski definition) is 3. The summed E-state index contributed by atoms with van der Waals surface area (Å²) in [4.78, 5) is 7.35. The van der Waals surface area contributed by atoms with Gasteiger partial charge in [0, 0.05) is 0 Å². The highest BCUT2D eigenvalue weighted by molar-refractivity contribution is 5.11. The number of rotatable bonds is 2. The lowest BCUT2D eigenvalue weighted by Crippen LogP contribution is -2.19. The molecule has 0 N–H and O–H groups in total. The van der Waals surface area contributed by atoms with Crippen molar-refractivity contribution in [2.45, 2.75) is 13.1 Å². The number of aryl methyl sites for hydroxylation is 1. The predicted octanol–water partition coefficient (Wildman–Crippen LogP) is 1.73. The highest BCUT2D eigenvalue weighted by atomic mass is 19.4. The molecule has 72 valence electrons. The van der Waals surface area contributed by atoms with Crippen LogP contribution in [0.5, 0.6) is 5.75 Å². The van der Waals surface area contributed by atoms with E-state index in [1.807, 2.05) is 0 Å². The van der Waals surface area contributed by atoms with Gasteiger partial charge in [0.2, 0.25) is 0 Å². The first-order chi connectivity index (χ1) is 5.97. The lowest BCUT2D eigenvalue weighted by molar-refractivity contribution is -0.153. The molecule has 0 aromatic carbocycles. The zero-order valence-corrected chi connectivity index (χ0v) is 6.80. The van der Waals surface area contributed by atoms with Gasteiger partial charge in [-0.2, -0.15) is 13.2 Å². The first-order valence-electron chi connectivity index (χ1n) is 3.45. The van der Waals surface area contributed by atoms with E-state index >= 15 is 0 Å². The van der Waals surface area contributed by atoms with E-state index in [9.17, 15) is 13.2 Å². The standard InChI is InChI=1S/C7H7F3N2O/c1-5-11-2-6(3-12-5)13-4-7(8,9)10/h2-3H,4H2,1H3. The Labute approximate surface area is 72.6 Å². The van der Waals surface area contributed by atoms with E-state index in [0.717, 1.165) is 0 Å². The van der Waals surface area contributed by atoms with E-state index in [4.69, 9.17) is 0 Å². The molecule has 1 rings (SSSR count). The van der Waals surface area contributed by atoms with Gasteiger partial charge in [-0.1, -0.05) is 0 Å². The number of hydrogen-bond donors (Lipinski definition) is 0. The minimum absolute atomic E-state index is 0.0166. The predicted molar refractivity (Wildman–Crippen MR) is 38.3 cm³/mol. The zero-order valence-electron chi connectivity index (χ0n) is 6.80. The topological polar surface area (TPSA) is 35.0 Å². The third-order valence-electron chi connectivity index (χ3n) is 1.16. The van der Waals surface area contributed by atoms with Gasteiger partial charge in [-0.3, -0.25) is 0 Å². The summed E-state index contributed by atoms with van der Waals surface area (Å²) in [5.41, 5.74) is 0. The Bertz CT molecular complexity index is 270. The first kappa shape index (κ1) is 9.76. The molecule has 0 atom stereocenters. The summed E-state index contributed by atoms with van der Waals surface area (Å²) in [5, 5.41) is 0. The summed E-state index contributed by atoms with van der Waals surface area (Å²) in [7, 11) is 0. The molecule has 0 saturated carbocycles. The van der Waals surface area contributed by atoms with E-state index in [0.29, 0.717) is 5.82 Å². The average molecular weight is 192 g/mol. The number of alkyl halides is 3. The van der Waals surface area contributed by atoms with Crippen LogP contribution in [0.1, 0.15) is 5.82 Å². The number of nitrogens with zero attached hydrogens (tertiary/aromatic N) is 2. The summed E-state index contributed by atoms with van der Waals surface area (Å²) < 4.78 is 39.3. The normalized spacial score (nSPS) is 11.4. The lowest BCUT2D eigenvalue weighted by atomic mass is 10.5. The van der Waals surface area contributed by atoms with Crippen LogP contribution in [0.25, 0.3) is 0 Å². The van der Waals surface area contributed by atoms with Crippen LogP contribution in [0, 0.1) is 6.92 Å². The van der Waals surface area contributed by atoms with Gasteiger partial charge < -0.3 is 4.74 Å². The van der Waals surface area contributed by atoms with E-state index in [-0.39, 0.29) is 5.75 Å². The van der Waals surface area contributed by atoms with Crippen molar-refractivity contribution in [2.75, 3.05) is 6.61 Å². The molecule has 0 aliphatic rings. The van der Waals surface area contributed by atoms with E-state index < -0.39 is 12.8 Å². The largest absolute Gasteiger partial charge is 0.481 e. The van der Waals surface area contributed by atoms with Gasteiger partial charge in [0.15, 0.2) is 12.4 Å². The molecular formula is C7H7F3N2O. The van der Waals surface area contributed by atoms with Crippen LogP contribution in [-0.2, 0) is 0 Å². The quantitative estimate of drug-likeness (QED) is 0.715. The molecule has 0 saturated heterocycles. The molecule has 0 aliphatic carbocycles. The van der Waals surface area contributed by atoms with Gasteiger partial charge in [-0.05, 0) is 6.92 Å². The molecule has 0 bridgehead atoms. The van der Waals surface area contributed by atoms with E-state index in [1.165, 1.54) is 12.4 Å². The highest BCUT2D eigenvalue weighted by Crippen LogP contribution is 2.16. The third-order valence-corrected chi connectivity index (χ3v) is 1.16. The Hall–Kier alpha value is -1.33. The summed E-state index contributed by atoms with van der Waals surface area (Å²) in [6.07, 6.45) is -1.92. The van der Waals surface area contributed by atoms with Crippen LogP contribution in [0.2, 0.25) is 0 Å². The first-order valence-corrected chi connectivity index (χ1v) is 3.45. The molecule has 0 unspecified atom stereocenters. The number of ether oxygens (including phenoxy) is 1. The second-order valence-electron chi connectivity index (χ2n) is 2.37. The summed E-state index contributed by atoms with van der Waals surface area (Å²) >= 11 is 0. The number of aromatic nitrogens is 2. The molecule has 0 aliphatic heterocycles. The van der Waals surface area contributed by atoms with Gasteiger partial charge in [0.25, 0.3) is 0 Å². The lowest BCUT2D eigenvalue weighted by Gasteiger charge is -2.07. The highest BCUT2D eigenvalue weighted by Gasteiger charge is 2.28. The zero-order chi connectivity index (χ0) is 9.90. The summed E-state index contributed by atoms with van der Waals surface area (Å²) in [6, 6.07) is 0. The van der Waals surface area contributed by atoms with Gasteiger partial charge in [0.05, 0.1) is 12.4 Å². The SMILES string of the molecule is Cc1ncc(OCC(F)(F)F)cn1. The second-order valence-corrected chi connectivity index (χ2v) is 2.37. The van der Waals surface area contributed by atoms with Crippen LogP contribution in [0.3, 0.4) is 0 Å². The molecular weight excluding hydrogens is 185 g/mol. The summed E-state index contributed by atoms with van der Waals surface area (Å²) in [5.74, 6) is 0.502. The van der Waals surface area contributed by atoms with Crippen molar-refractivity contribution in [3.8, 4) is 5.75 Å². The maximum atomic E-state index is 11.7. The van der Waals surface area contributed by atoms with Gasteiger partial charge in [-0.15, -0.1) is 0 Å². The molecule has 1 aromatic heterocycles. The molecule has 0 amide bonds. The van der Waals surface area contributed by atoms with Crippen molar-refractivity contribution < 1.29 is 17.9 Å². The van der Waals surface area contributed by atoms with Crippen LogP contribution >= 0.6 is 0 Å². The van der Waals surface area contributed by atoms with Gasteiger partial charge in [0.1, 0.15) is 5.82 Å². The smallest absolute Gasteiger partial charge is 0.422 e. The molecule has 1 heterocycles. The Morgan fingerprint density at radius 1 is 1.31 bits per heavy atom. The Morgan fingerprint density at radius 3 is 2.31 bits per heavy atom. The fourth-order valence-corrected chi connectivity index (χ4v) is 0.620. The Morgan fingerprint density at radius 2 is 1.85 bits per heavy atom. The van der Waals surface area contributed by atoms with E-state index in [2.05, 4.69) is 14.7 Å². The minimum Gasteiger partial charge on any atom is -0.481 e. The van der Waals surface area contributed by atoms with Gasteiger partial charge in [-0.25, -0.2) is 9.97 Å². The monoisotopic (exact) mass is 192 g/mol. The molecule has 3 nitrogen and oxygen atoms in total. The van der Waals surface area contributed by atoms with Crippen LogP contribution < -0.4 is 4.74 Å². The molecule has 0 spiro atoms. The Kier molecular flexibility index (Phi) is 2.69. The van der Waals surface area contributed by atoms with Crippen LogP contribution in [0.15, 0.2) is 12.4 Å². The minimum atomic E-state index is -4.33. The van der Waals surface area contributed by atoms with Crippen molar-refractivity contribution >= 4 is 0 Å². The molecule has 6 heteroatoms. The second kappa shape index (κ2) is 3.59. The molecule has 0 radical (unpaired) electrons. The van der Waals surface area contributed by atoms with Crippen LogP contribution in [0.4, 0.5) is 13.2 Å². The van der Waals surface area contributed by atoms with Crippen molar-refractivity contribution in [1.29, 1.82) is 0 Å². The maximum absolute atomic E-state index is 11.7. The van der Waals surface area contributed by atoms with Crippen molar-refractivity contribution in [1.82, 2.24) is 9.97 Å². The van der Waals surface area contributed by atoms with Crippen molar-refractivity contribution in [3.63, 3.8) is 0 Å². The molecule has 0 fully saturated rings. The van der Waals surface area contributed by atoms with Crippen LogP contribution in [-0.4, -0.2) is 22.8 Å². The van der Waals surface area contributed by atoms with Gasteiger partial charge >= 0.3 is 6.18 Å². The fraction of sp³-hybridized carbons (Fsp3) is 0.429. The molecule has 1 aromatic rings. The number of halogens is 3. The van der Waals surface area contributed by atoms with Crippen molar-refractivity contribution in [3.05, 3.63) is 18.2 Å². The third kappa shape index (κ3) is 3.73. The fourth-order valence-electron chi connectivity index (χ4n) is 0.620.